The minimum Gasteiger partial charge on any atom is -0.454 e. The van der Waals surface area contributed by atoms with Crippen molar-refractivity contribution in [1.82, 2.24) is 0 Å². The van der Waals surface area contributed by atoms with Crippen LogP contribution < -0.4 is 5.32 Å². The molecule has 74 valence electrons. The molecule has 1 atom stereocenters. The number of hydrogen-bond acceptors (Lipinski definition) is 3. The van der Waals surface area contributed by atoms with Crippen LogP contribution in [0.2, 0.25) is 0 Å². The fourth-order valence-corrected chi connectivity index (χ4v) is 1.69. The summed E-state index contributed by atoms with van der Waals surface area (Å²) in [5.74, 6) is -0.216. The number of benzene rings is 1. The van der Waals surface area contributed by atoms with Gasteiger partial charge in [-0.1, -0.05) is 6.07 Å². The summed E-state index contributed by atoms with van der Waals surface area (Å²) in [7, 11) is 0. The molecule has 1 aromatic rings. The number of ether oxygens (including phenoxy) is 1. The van der Waals surface area contributed by atoms with Gasteiger partial charge in [0.25, 0.3) is 0 Å². The molecule has 1 aliphatic rings. The molecule has 1 heterocycles. The van der Waals surface area contributed by atoms with Crippen LogP contribution in [-0.2, 0) is 4.74 Å². The lowest BCUT2D eigenvalue weighted by molar-refractivity contribution is 0.0422. The molecule has 14 heavy (non-hydrogen) atoms. The van der Waals surface area contributed by atoms with Gasteiger partial charge in [0, 0.05) is 17.8 Å². The molecule has 0 fully saturated rings. The van der Waals surface area contributed by atoms with Gasteiger partial charge in [-0.25, -0.2) is 4.79 Å². The molecule has 3 heteroatoms. The van der Waals surface area contributed by atoms with Gasteiger partial charge >= 0.3 is 5.97 Å². The van der Waals surface area contributed by atoms with Gasteiger partial charge in [-0.15, -0.1) is 0 Å². The largest absolute Gasteiger partial charge is 0.454 e. The number of nitrogens with one attached hydrogen (secondary N) is 1. The van der Waals surface area contributed by atoms with Gasteiger partial charge in [0.05, 0.1) is 5.56 Å². The molecule has 0 bridgehead atoms. The van der Waals surface area contributed by atoms with Gasteiger partial charge in [-0.3, -0.25) is 0 Å². The van der Waals surface area contributed by atoms with Gasteiger partial charge < -0.3 is 10.1 Å². The lowest BCUT2D eigenvalue weighted by Crippen LogP contribution is -1.99. The van der Waals surface area contributed by atoms with Crippen molar-refractivity contribution in [1.29, 1.82) is 0 Å². The van der Waals surface area contributed by atoms with Crippen molar-refractivity contribution in [2.75, 3.05) is 11.9 Å². The zero-order chi connectivity index (χ0) is 10.1. The Morgan fingerprint density at radius 2 is 2.29 bits per heavy atom. The molecule has 0 aliphatic carbocycles. The van der Waals surface area contributed by atoms with Crippen LogP contribution in [0.25, 0.3) is 0 Å². The number of carbonyl (C=O) groups excluding carboxylic acids is 1. The van der Waals surface area contributed by atoms with Crippen molar-refractivity contribution >= 4 is 11.7 Å². The lowest BCUT2D eigenvalue weighted by atomic mass is 10.1. The Labute approximate surface area is 83.1 Å². The first-order valence-electron chi connectivity index (χ1n) is 4.81. The van der Waals surface area contributed by atoms with E-state index in [-0.39, 0.29) is 12.1 Å². The highest BCUT2D eigenvalue weighted by molar-refractivity contribution is 5.95. The zero-order valence-corrected chi connectivity index (χ0v) is 8.33. The predicted octanol–water partition coefficient (Wildman–Crippen LogP) is 2.35. The Morgan fingerprint density at radius 3 is 3.00 bits per heavy atom. The van der Waals surface area contributed by atoms with Crippen LogP contribution in [-0.4, -0.2) is 12.5 Å². The Hall–Kier alpha value is -1.51. The Balaban J connectivity index is 2.39. The van der Waals surface area contributed by atoms with Crippen LogP contribution in [0.5, 0.6) is 0 Å². The standard InChI is InChI=1S/C11H13NO2/c1-3-12-8-4-5-9-7(2)14-11(13)10(9)6-8/h4-7,12H,3H2,1-2H3. The van der Waals surface area contributed by atoms with E-state index in [9.17, 15) is 4.79 Å². The molecule has 0 amide bonds. The average Bonchev–Trinajstić information content (AvgIpc) is 2.43. The highest BCUT2D eigenvalue weighted by Gasteiger charge is 2.27. The Bertz CT molecular complexity index is 374. The summed E-state index contributed by atoms with van der Waals surface area (Å²) in [5, 5.41) is 3.16. The van der Waals surface area contributed by atoms with E-state index in [1.165, 1.54) is 0 Å². The second kappa shape index (κ2) is 3.33. The normalized spacial score (nSPS) is 19.0. The van der Waals surface area contributed by atoms with Gasteiger partial charge in [0.1, 0.15) is 6.10 Å². The first kappa shape index (κ1) is 9.06. The summed E-state index contributed by atoms with van der Waals surface area (Å²) >= 11 is 0. The van der Waals surface area contributed by atoms with E-state index < -0.39 is 0 Å². The molecular weight excluding hydrogens is 178 g/mol. The third-order valence-corrected chi connectivity index (χ3v) is 2.38. The van der Waals surface area contributed by atoms with Crippen molar-refractivity contribution in [2.45, 2.75) is 20.0 Å². The molecular formula is C11H13NO2. The second-order valence-electron chi connectivity index (χ2n) is 3.38. The smallest absolute Gasteiger partial charge is 0.339 e. The number of fused-ring (bicyclic) bond motifs is 1. The first-order valence-corrected chi connectivity index (χ1v) is 4.81. The van der Waals surface area contributed by atoms with Crippen LogP contribution >= 0.6 is 0 Å². The Kier molecular flexibility index (Phi) is 2.15. The summed E-state index contributed by atoms with van der Waals surface area (Å²) < 4.78 is 5.10. The molecule has 0 radical (unpaired) electrons. The van der Waals surface area contributed by atoms with Crippen LogP contribution in [0.1, 0.15) is 35.9 Å². The lowest BCUT2D eigenvalue weighted by Gasteiger charge is -2.04. The molecule has 0 saturated heterocycles. The van der Waals surface area contributed by atoms with Crippen molar-refractivity contribution in [3.8, 4) is 0 Å². The van der Waals surface area contributed by atoms with Crippen LogP contribution in [0.3, 0.4) is 0 Å². The van der Waals surface area contributed by atoms with Crippen LogP contribution in [0.4, 0.5) is 5.69 Å². The van der Waals surface area contributed by atoms with Gasteiger partial charge in [0.2, 0.25) is 0 Å². The number of cyclic esters (lactones) is 1. The maximum Gasteiger partial charge on any atom is 0.339 e. The average molecular weight is 191 g/mol. The van der Waals surface area contributed by atoms with Gasteiger partial charge in [0.15, 0.2) is 0 Å². The molecule has 3 nitrogen and oxygen atoms in total. The van der Waals surface area contributed by atoms with E-state index in [0.717, 1.165) is 17.8 Å². The predicted molar refractivity (Wildman–Crippen MR) is 54.4 cm³/mol. The van der Waals surface area contributed by atoms with E-state index in [1.807, 2.05) is 32.0 Å². The van der Waals surface area contributed by atoms with E-state index in [0.29, 0.717) is 5.56 Å². The third kappa shape index (κ3) is 1.35. The van der Waals surface area contributed by atoms with Crippen molar-refractivity contribution in [2.24, 2.45) is 0 Å². The summed E-state index contributed by atoms with van der Waals surface area (Å²) in [6.45, 7) is 4.76. The summed E-state index contributed by atoms with van der Waals surface area (Å²) in [6, 6.07) is 5.77. The highest BCUT2D eigenvalue weighted by atomic mass is 16.5. The summed E-state index contributed by atoms with van der Waals surface area (Å²) in [5.41, 5.74) is 2.64. The van der Waals surface area contributed by atoms with Crippen molar-refractivity contribution in [3.05, 3.63) is 29.3 Å². The Morgan fingerprint density at radius 1 is 1.50 bits per heavy atom. The van der Waals surface area contributed by atoms with Gasteiger partial charge in [-0.05, 0) is 26.0 Å². The fraction of sp³-hybridized carbons (Fsp3) is 0.364. The zero-order valence-electron chi connectivity index (χ0n) is 8.33. The maximum absolute atomic E-state index is 11.4. The number of esters is 1. The number of rotatable bonds is 2. The maximum atomic E-state index is 11.4. The first-order chi connectivity index (χ1) is 6.72. The molecule has 0 aromatic heterocycles. The fourth-order valence-electron chi connectivity index (χ4n) is 1.69. The number of anilines is 1. The SMILES string of the molecule is CCNc1ccc2c(c1)C(=O)OC2C. The molecule has 0 spiro atoms. The van der Waals surface area contributed by atoms with Gasteiger partial charge in [-0.2, -0.15) is 0 Å². The minimum atomic E-state index is -0.216. The molecule has 1 aliphatic heterocycles. The summed E-state index contributed by atoms with van der Waals surface area (Å²) in [4.78, 5) is 11.4. The minimum absolute atomic E-state index is 0.104. The molecule has 1 unspecified atom stereocenters. The van der Waals surface area contributed by atoms with Crippen LogP contribution in [0.15, 0.2) is 18.2 Å². The summed E-state index contributed by atoms with van der Waals surface area (Å²) in [6.07, 6.45) is -0.104. The molecule has 2 rings (SSSR count). The number of carbonyl (C=O) groups is 1. The molecule has 1 N–H and O–H groups in total. The third-order valence-electron chi connectivity index (χ3n) is 2.38. The van der Waals surface area contributed by atoms with E-state index in [1.54, 1.807) is 0 Å². The van der Waals surface area contributed by atoms with E-state index >= 15 is 0 Å². The number of hydrogen-bond donors (Lipinski definition) is 1. The topological polar surface area (TPSA) is 38.3 Å². The quantitative estimate of drug-likeness (QED) is 0.729. The van der Waals surface area contributed by atoms with Crippen LogP contribution in [0, 0.1) is 0 Å². The molecule has 0 saturated carbocycles. The second-order valence-corrected chi connectivity index (χ2v) is 3.38. The van der Waals surface area contributed by atoms with Crippen molar-refractivity contribution in [3.63, 3.8) is 0 Å². The van der Waals surface area contributed by atoms with Crippen molar-refractivity contribution < 1.29 is 9.53 Å². The van der Waals surface area contributed by atoms with E-state index in [4.69, 9.17) is 4.74 Å². The van der Waals surface area contributed by atoms with E-state index in [2.05, 4.69) is 5.32 Å². The molecule has 1 aromatic carbocycles. The monoisotopic (exact) mass is 191 g/mol. The highest BCUT2D eigenvalue weighted by Crippen LogP contribution is 2.31.